The first-order valence-electron chi connectivity index (χ1n) is 12.1. The lowest BCUT2D eigenvalue weighted by Gasteiger charge is -2.20. The molecule has 182 valence electrons. The van der Waals surface area contributed by atoms with E-state index in [0.29, 0.717) is 12.5 Å². The lowest BCUT2D eigenvalue weighted by atomic mass is 9.98. The molecule has 1 aliphatic rings. The van der Waals surface area contributed by atoms with E-state index in [1.807, 2.05) is 48.5 Å². The van der Waals surface area contributed by atoms with Crippen LogP contribution in [0.25, 0.3) is 11.1 Å². The molecule has 7 nitrogen and oxygen atoms in total. The highest BCUT2D eigenvalue weighted by Gasteiger charge is 2.30. The molecule has 0 heterocycles. The van der Waals surface area contributed by atoms with Crippen LogP contribution in [0.15, 0.2) is 48.5 Å². The van der Waals surface area contributed by atoms with Crippen molar-refractivity contribution in [3.63, 3.8) is 0 Å². The van der Waals surface area contributed by atoms with Crippen molar-refractivity contribution < 1.29 is 24.2 Å². The Labute approximate surface area is 200 Å². The number of carbonyl (C=O) groups is 3. The monoisotopic (exact) mass is 466 g/mol. The zero-order chi connectivity index (χ0) is 24.5. The predicted molar refractivity (Wildman–Crippen MR) is 131 cm³/mol. The number of fused-ring (bicyclic) bond motifs is 3. The Hall–Kier alpha value is -3.35. The summed E-state index contributed by atoms with van der Waals surface area (Å²) in [5.41, 5.74) is 4.38. The van der Waals surface area contributed by atoms with Crippen molar-refractivity contribution in [2.75, 3.05) is 13.2 Å². The van der Waals surface area contributed by atoms with Crippen LogP contribution in [0.3, 0.4) is 0 Å². The molecule has 0 saturated carbocycles. The number of nitrogens with one attached hydrogen (secondary N) is 2. The molecule has 2 unspecified atom stereocenters. The molecule has 3 rings (SSSR count). The molecule has 0 radical (unpaired) electrons. The van der Waals surface area contributed by atoms with Crippen molar-refractivity contribution in [2.24, 2.45) is 5.92 Å². The molecule has 7 heteroatoms. The Morgan fingerprint density at radius 1 is 1.00 bits per heavy atom. The fourth-order valence-corrected chi connectivity index (χ4v) is 4.48. The maximum absolute atomic E-state index is 12.7. The second-order valence-corrected chi connectivity index (χ2v) is 8.78. The highest BCUT2D eigenvalue weighted by molar-refractivity contribution is 5.89. The van der Waals surface area contributed by atoms with E-state index in [0.717, 1.165) is 47.9 Å². The normalized spacial score (nSPS) is 13.9. The molecule has 0 fully saturated rings. The predicted octanol–water partition coefficient (Wildman–Crippen LogP) is 4.70. The third-order valence-corrected chi connectivity index (χ3v) is 6.44. The molecule has 3 N–H and O–H groups in total. The SMILES string of the molecule is CCCCC(CC)CNC(=O)C(CC(=O)O)NC(=O)OCC1c2ccccc2-c2ccccc21. The van der Waals surface area contributed by atoms with Gasteiger partial charge >= 0.3 is 12.1 Å². The average Bonchev–Trinajstić information content (AvgIpc) is 3.15. The molecule has 2 atom stereocenters. The van der Waals surface area contributed by atoms with Gasteiger partial charge in [-0.3, -0.25) is 9.59 Å². The highest BCUT2D eigenvalue weighted by Crippen LogP contribution is 2.44. The summed E-state index contributed by atoms with van der Waals surface area (Å²) in [6, 6.07) is 14.8. The van der Waals surface area contributed by atoms with Crippen LogP contribution in [-0.4, -0.2) is 42.3 Å². The number of alkyl carbamates (subject to hydrolysis) is 1. The van der Waals surface area contributed by atoms with Gasteiger partial charge in [-0.15, -0.1) is 0 Å². The molecule has 0 saturated heterocycles. The first kappa shape index (κ1) is 25.3. The number of unbranched alkanes of at least 4 members (excludes halogenated alkanes) is 1. The number of benzene rings is 2. The van der Waals surface area contributed by atoms with Crippen LogP contribution in [0, 0.1) is 5.92 Å². The van der Waals surface area contributed by atoms with Crippen molar-refractivity contribution in [2.45, 2.75) is 57.9 Å². The minimum atomic E-state index is -1.20. The largest absolute Gasteiger partial charge is 0.481 e. The molecule has 2 aromatic rings. The number of amides is 2. The lowest BCUT2D eigenvalue weighted by Crippen LogP contribution is -2.49. The molecule has 2 aromatic carbocycles. The number of carbonyl (C=O) groups excluding carboxylic acids is 2. The number of hydrogen-bond acceptors (Lipinski definition) is 4. The Morgan fingerprint density at radius 2 is 1.62 bits per heavy atom. The Kier molecular flexibility index (Phi) is 9.08. The molecule has 34 heavy (non-hydrogen) atoms. The van der Waals surface area contributed by atoms with Crippen molar-refractivity contribution in [1.82, 2.24) is 10.6 Å². The van der Waals surface area contributed by atoms with Gasteiger partial charge in [-0.2, -0.15) is 0 Å². The van der Waals surface area contributed by atoms with Gasteiger partial charge in [0.25, 0.3) is 0 Å². The average molecular weight is 467 g/mol. The van der Waals surface area contributed by atoms with Gasteiger partial charge in [0.2, 0.25) is 5.91 Å². The Balaban J connectivity index is 1.60. The quantitative estimate of drug-likeness (QED) is 0.421. The van der Waals surface area contributed by atoms with Crippen molar-refractivity contribution in [3.05, 3.63) is 59.7 Å². The molecule has 0 spiro atoms. The van der Waals surface area contributed by atoms with Gasteiger partial charge in [-0.1, -0.05) is 81.6 Å². The smallest absolute Gasteiger partial charge is 0.407 e. The fourth-order valence-electron chi connectivity index (χ4n) is 4.48. The molecule has 2 amide bonds. The molecule has 0 aliphatic heterocycles. The summed E-state index contributed by atoms with van der Waals surface area (Å²) in [7, 11) is 0. The minimum absolute atomic E-state index is 0.0934. The second kappa shape index (κ2) is 12.2. The third kappa shape index (κ3) is 6.37. The van der Waals surface area contributed by atoms with E-state index < -0.39 is 30.4 Å². The van der Waals surface area contributed by atoms with E-state index in [-0.39, 0.29) is 12.5 Å². The first-order valence-corrected chi connectivity index (χ1v) is 12.1. The summed E-state index contributed by atoms with van der Waals surface area (Å²) >= 11 is 0. The van der Waals surface area contributed by atoms with E-state index in [1.54, 1.807) is 0 Å². The van der Waals surface area contributed by atoms with Crippen LogP contribution in [0.2, 0.25) is 0 Å². The molecular formula is C27H34N2O5. The highest BCUT2D eigenvalue weighted by atomic mass is 16.5. The number of rotatable bonds is 12. The third-order valence-electron chi connectivity index (χ3n) is 6.44. The lowest BCUT2D eigenvalue weighted by molar-refractivity contribution is -0.139. The maximum atomic E-state index is 12.7. The van der Waals surface area contributed by atoms with Crippen LogP contribution < -0.4 is 10.6 Å². The molecule has 1 aliphatic carbocycles. The second-order valence-electron chi connectivity index (χ2n) is 8.78. The summed E-state index contributed by atoms with van der Waals surface area (Å²) in [4.78, 5) is 36.5. The van der Waals surface area contributed by atoms with Gasteiger partial charge in [0.15, 0.2) is 0 Å². The Bertz CT molecular complexity index is 961. The summed E-state index contributed by atoms with van der Waals surface area (Å²) in [5, 5.41) is 14.5. The van der Waals surface area contributed by atoms with Crippen LogP contribution in [0.4, 0.5) is 4.79 Å². The van der Waals surface area contributed by atoms with Crippen molar-refractivity contribution in [3.8, 4) is 11.1 Å². The molecule has 0 bridgehead atoms. The summed E-state index contributed by atoms with van der Waals surface area (Å²) < 4.78 is 5.48. The number of aliphatic carboxylic acids is 1. The fraction of sp³-hybridized carbons (Fsp3) is 0.444. The standard InChI is InChI=1S/C27H34N2O5/c1-3-5-10-18(4-2)16-28-26(32)24(15-25(30)31)29-27(33)34-17-23-21-13-8-6-11-19(21)20-12-7-9-14-22(20)23/h6-9,11-14,18,23-24H,3-5,10,15-17H2,1-2H3,(H,28,32)(H,29,33)(H,30,31). The minimum Gasteiger partial charge on any atom is -0.481 e. The van der Waals surface area contributed by atoms with E-state index in [2.05, 4.69) is 24.5 Å². The van der Waals surface area contributed by atoms with E-state index >= 15 is 0 Å². The number of hydrogen-bond donors (Lipinski definition) is 3. The van der Waals surface area contributed by atoms with Gasteiger partial charge < -0.3 is 20.5 Å². The zero-order valence-corrected chi connectivity index (χ0v) is 19.9. The van der Waals surface area contributed by atoms with Crippen LogP contribution in [0.5, 0.6) is 0 Å². The van der Waals surface area contributed by atoms with E-state index in [9.17, 15) is 19.5 Å². The maximum Gasteiger partial charge on any atom is 0.407 e. The topological polar surface area (TPSA) is 105 Å². The summed E-state index contributed by atoms with van der Waals surface area (Å²) in [6.45, 7) is 4.73. The van der Waals surface area contributed by atoms with Crippen LogP contribution in [0.1, 0.15) is 63.0 Å². The van der Waals surface area contributed by atoms with Gasteiger partial charge in [0.05, 0.1) is 6.42 Å². The molecular weight excluding hydrogens is 432 g/mol. The first-order chi connectivity index (χ1) is 16.4. The zero-order valence-electron chi connectivity index (χ0n) is 19.9. The van der Waals surface area contributed by atoms with E-state index in [1.165, 1.54) is 0 Å². The van der Waals surface area contributed by atoms with Crippen molar-refractivity contribution >= 4 is 18.0 Å². The van der Waals surface area contributed by atoms with Crippen LogP contribution in [-0.2, 0) is 14.3 Å². The summed E-state index contributed by atoms with van der Waals surface area (Å²) in [5.74, 6) is -1.47. The van der Waals surface area contributed by atoms with Gasteiger partial charge in [0.1, 0.15) is 12.6 Å². The van der Waals surface area contributed by atoms with Gasteiger partial charge in [-0.25, -0.2) is 4.79 Å². The van der Waals surface area contributed by atoms with Gasteiger partial charge in [0, 0.05) is 12.5 Å². The number of ether oxygens (including phenoxy) is 1. The molecule has 0 aromatic heterocycles. The van der Waals surface area contributed by atoms with Crippen molar-refractivity contribution in [1.29, 1.82) is 0 Å². The van der Waals surface area contributed by atoms with Gasteiger partial charge in [-0.05, 0) is 34.6 Å². The number of carboxylic acid groups (broad SMARTS) is 1. The summed E-state index contributed by atoms with van der Waals surface area (Å²) in [6.07, 6.45) is 2.75. The van der Waals surface area contributed by atoms with E-state index in [4.69, 9.17) is 4.74 Å². The Morgan fingerprint density at radius 3 is 2.18 bits per heavy atom. The van der Waals surface area contributed by atoms with Crippen LogP contribution >= 0.6 is 0 Å². The number of carboxylic acids is 1.